The van der Waals surface area contributed by atoms with Crippen LogP contribution in [-0.4, -0.2) is 11.1 Å². The van der Waals surface area contributed by atoms with Gasteiger partial charge in [0, 0.05) is 0 Å². The smallest absolute Gasteiger partial charge is 0.329 e. The van der Waals surface area contributed by atoms with Crippen LogP contribution in [0.1, 0.15) is 44.7 Å². The average Bonchev–Trinajstić information content (AvgIpc) is 2.27. The summed E-state index contributed by atoms with van der Waals surface area (Å²) in [7, 11) is 0. The molecule has 0 amide bonds. The van der Waals surface area contributed by atoms with E-state index in [0.29, 0.717) is 5.56 Å². The Labute approximate surface area is 108 Å². The monoisotopic (exact) mass is 254 g/mol. The van der Waals surface area contributed by atoms with E-state index in [0.717, 1.165) is 5.56 Å². The summed E-state index contributed by atoms with van der Waals surface area (Å²) in [6.45, 7) is 7.74. The zero-order chi connectivity index (χ0) is 13.2. The Balaban J connectivity index is 3.44. The molecule has 2 nitrogen and oxygen atoms in total. The Morgan fingerprint density at radius 3 is 2.18 bits per heavy atom. The first-order valence-corrected chi connectivity index (χ1v) is 6.21. The molecule has 0 heterocycles. The Kier molecular flexibility index (Phi) is 4.21. The van der Waals surface area contributed by atoms with Crippen LogP contribution in [0.3, 0.4) is 0 Å². The van der Waals surface area contributed by atoms with Crippen molar-refractivity contribution in [3.05, 3.63) is 35.4 Å². The molecule has 0 bridgehead atoms. The molecule has 1 rings (SSSR count). The first-order valence-electron chi connectivity index (χ1n) is 5.83. The van der Waals surface area contributed by atoms with Crippen LogP contribution >= 0.6 is 11.6 Å². The second-order valence-corrected chi connectivity index (χ2v) is 5.51. The maximum Gasteiger partial charge on any atom is 0.329 e. The number of carboxylic acid groups (broad SMARTS) is 1. The Hall–Kier alpha value is -1.02. The lowest BCUT2D eigenvalue weighted by atomic mass is 9.82. The zero-order valence-electron chi connectivity index (χ0n) is 10.7. The molecule has 1 unspecified atom stereocenters. The van der Waals surface area contributed by atoms with E-state index >= 15 is 0 Å². The lowest BCUT2D eigenvalue weighted by Crippen LogP contribution is -2.36. The van der Waals surface area contributed by atoms with Crippen molar-refractivity contribution in [2.75, 3.05) is 0 Å². The molecule has 0 radical (unpaired) electrons. The second-order valence-electron chi connectivity index (χ2n) is 4.91. The topological polar surface area (TPSA) is 37.3 Å². The van der Waals surface area contributed by atoms with Crippen LogP contribution in [0.2, 0.25) is 0 Å². The van der Waals surface area contributed by atoms with Crippen LogP contribution in [0, 0.1) is 5.92 Å². The highest BCUT2D eigenvalue weighted by Crippen LogP contribution is 2.40. The van der Waals surface area contributed by atoms with Crippen molar-refractivity contribution in [2.45, 2.75) is 38.5 Å². The van der Waals surface area contributed by atoms with Crippen molar-refractivity contribution >= 4 is 17.6 Å². The highest BCUT2D eigenvalue weighted by atomic mass is 35.5. The summed E-state index contributed by atoms with van der Waals surface area (Å²) >= 11 is 6.38. The van der Waals surface area contributed by atoms with E-state index in [1.54, 1.807) is 0 Å². The van der Waals surface area contributed by atoms with Crippen molar-refractivity contribution < 1.29 is 9.90 Å². The third-order valence-corrected chi connectivity index (χ3v) is 3.88. The first kappa shape index (κ1) is 14.0. The largest absolute Gasteiger partial charge is 0.480 e. The first-order chi connectivity index (χ1) is 7.81. The highest BCUT2D eigenvalue weighted by molar-refractivity contribution is 6.34. The second kappa shape index (κ2) is 5.09. The van der Waals surface area contributed by atoms with E-state index in [1.807, 2.05) is 52.0 Å². The van der Waals surface area contributed by atoms with E-state index in [1.165, 1.54) is 0 Å². The maximum atomic E-state index is 11.5. The molecule has 0 aliphatic carbocycles. The molecule has 17 heavy (non-hydrogen) atoms. The normalized spacial score (nSPS) is 15.0. The van der Waals surface area contributed by atoms with Crippen LogP contribution < -0.4 is 0 Å². The van der Waals surface area contributed by atoms with Gasteiger partial charge in [0.05, 0.1) is 0 Å². The van der Waals surface area contributed by atoms with Gasteiger partial charge in [0.25, 0.3) is 0 Å². The lowest BCUT2D eigenvalue weighted by molar-refractivity contribution is -0.141. The van der Waals surface area contributed by atoms with Gasteiger partial charge in [-0.2, -0.15) is 0 Å². The third-order valence-electron chi connectivity index (χ3n) is 3.08. The van der Waals surface area contributed by atoms with E-state index in [-0.39, 0.29) is 11.8 Å². The predicted octanol–water partition coefficient (Wildman–Crippen LogP) is 3.98. The molecule has 1 aromatic rings. The van der Waals surface area contributed by atoms with E-state index in [4.69, 9.17) is 11.6 Å². The quantitative estimate of drug-likeness (QED) is 0.825. The van der Waals surface area contributed by atoms with Gasteiger partial charge in [0.2, 0.25) is 0 Å². The summed E-state index contributed by atoms with van der Waals surface area (Å²) in [6.07, 6.45) is 0. The fourth-order valence-electron chi connectivity index (χ4n) is 2.00. The Morgan fingerprint density at radius 2 is 1.76 bits per heavy atom. The number of rotatable bonds is 4. The van der Waals surface area contributed by atoms with Crippen LogP contribution in [0.5, 0.6) is 0 Å². The Morgan fingerprint density at radius 1 is 1.24 bits per heavy atom. The summed E-state index contributed by atoms with van der Waals surface area (Å²) in [5.41, 5.74) is 1.71. The molecular formula is C14H19ClO2. The number of alkyl halides is 1. The van der Waals surface area contributed by atoms with Gasteiger partial charge >= 0.3 is 5.97 Å². The van der Waals surface area contributed by atoms with E-state index in [9.17, 15) is 9.90 Å². The summed E-state index contributed by atoms with van der Waals surface area (Å²) < 4.78 is 0. The number of aliphatic carboxylic acids is 1. The van der Waals surface area contributed by atoms with Gasteiger partial charge in [-0.3, -0.25) is 0 Å². The maximum absolute atomic E-state index is 11.5. The van der Waals surface area contributed by atoms with Gasteiger partial charge in [0.15, 0.2) is 4.87 Å². The molecule has 0 aliphatic heterocycles. The van der Waals surface area contributed by atoms with Gasteiger partial charge < -0.3 is 5.11 Å². The minimum atomic E-state index is -1.35. The molecule has 0 aliphatic rings. The molecular weight excluding hydrogens is 236 g/mol. The van der Waals surface area contributed by atoms with Crippen LogP contribution in [0.25, 0.3) is 0 Å². The van der Waals surface area contributed by atoms with E-state index < -0.39 is 10.8 Å². The fraction of sp³-hybridized carbons (Fsp3) is 0.500. The van der Waals surface area contributed by atoms with Crippen molar-refractivity contribution in [2.24, 2.45) is 5.92 Å². The van der Waals surface area contributed by atoms with Crippen molar-refractivity contribution in [1.29, 1.82) is 0 Å². The minimum absolute atomic E-state index is 0.179. The van der Waals surface area contributed by atoms with Crippen LogP contribution in [0.15, 0.2) is 24.3 Å². The SMILES string of the molecule is CC(C)c1ccccc1C(Cl)(C(=O)O)C(C)C. The van der Waals surface area contributed by atoms with Gasteiger partial charge in [0.1, 0.15) is 0 Å². The number of carbonyl (C=O) groups is 1. The van der Waals surface area contributed by atoms with Gasteiger partial charge in [-0.25, -0.2) is 4.79 Å². The predicted molar refractivity (Wildman–Crippen MR) is 70.5 cm³/mol. The Bertz CT molecular complexity index is 412. The molecule has 3 heteroatoms. The molecule has 0 aromatic heterocycles. The zero-order valence-corrected chi connectivity index (χ0v) is 11.5. The van der Waals surface area contributed by atoms with E-state index in [2.05, 4.69) is 0 Å². The molecule has 0 saturated carbocycles. The molecule has 0 fully saturated rings. The molecule has 1 aromatic carbocycles. The van der Waals surface area contributed by atoms with Crippen molar-refractivity contribution in [3.8, 4) is 0 Å². The van der Waals surface area contributed by atoms with Crippen LogP contribution in [0.4, 0.5) is 0 Å². The summed E-state index contributed by atoms with van der Waals surface area (Å²) in [4.78, 5) is 10.2. The van der Waals surface area contributed by atoms with Crippen molar-refractivity contribution in [3.63, 3.8) is 0 Å². The molecule has 0 saturated heterocycles. The van der Waals surface area contributed by atoms with Gasteiger partial charge in [-0.05, 0) is 23.0 Å². The lowest BCUT2D eigenvalue weighted by Gasteiger charge is -2.30. The summed E-state index contributed by atoms with van der Waals surface area (Å²) in [5.74, 6) is -0.911. The highest BCUT2D eigenvalue weighted by Gasteiger charge is 2.43. The van der Waals surface area contributed by atoms with Gasteiger partial charge in [-0.1, -0.05) is 52.0 Å². The minimum Gasteiger partial charge on any atom is -0.480 e. The van der Waals surface area contributed by atoms with Crippen molar-refractivity contribution in [1.82, 2.24) is 0 Å². The molecule has 1 atom stereocenters. The third kappa shape index (κ3) is 2.47. The summed E-state index contributed by atoms with van der Waals surface area (Å²) in [6, 6.07) is 7.51. The molecule has 1 N–H and O–H groups in total. The standard InChI is InChI=1S/C14H19ClO2/c1-9(2)11-7-5-6-8-12(11)14(15,10(3)4)13(16)17/h5-10H,1-4H3,(H,16,17). The summed E-state index contributed by atoms with van der Waals surface area (Å²) in [5, 5.41) is 9.43. The fourth-order valence-corrected chi connectivity index (χ4v) is 2.18. The van der Waals surface area contributed by atoms with Crippen LogP contribution in [-0.2, 0) is 9.67 Å². The van der Waals surface area contributed by atoms with Gasteiger partial charge in [-0.15, -0.1) is 11.6 Å². The molecule has 94 valence electrons. The number of hydrogen-bond acceptors (Lipinski definition) is 1. The average molecular weight is 255 g/mol. The number of hydrogen-bond donors (Lipinski definition) is 1. The number of benzene rings is 1. The number of carboxylic acids is 1. The molecule has 0 spiro atoms. The number of halogens is 1.